The van der Waals surface area contributed by atoms with Gasteiger partial charge in [-0.15, -0.1) is 24.0 Å². The molecule has 2 N–H and O–H groups in total. The van der Waals surface area contributed by atoms with E-state index < -0.39 is 0 Å². The fourth-order valence-corrected chi connectivity index (χ4v) is 3.94. The van der Waals surface area contributed by atoms with Crippen molar-refractivity contribution < 1.29 is 14.1 Å². The molecule has 2 amide bonds. The maximum atomic E-state index is 12.6. The van der Waals surface area contributed by atoms with Gasteiger partial charge in [-0.05, 0) is 17.7 Å². The van der Waals surface area contributed by atoms with Gasteiger partial charge < -0.3 is 25.0 Å². The molecule has 2 fully saturated rings. The lowest BCUT2D eigenvalue weighted by Gasteiger charge is -2.36. The van der Waals surface area contributed by atoms with E-state index in [1.165, 1.54) is 0 Å². The first-order chi connectivity index (χ1) is 15.6. The number of nitrogens with one attached hydrogen (secondary N) is 2. The predicted molar refractivity (Wildman–Crippen MR) is 134 cm³/mol. The normalized spacial score (nSPS) is 17.4. The molecule has 0 unspecified atom stereocenters. The number of aliphatic imine (C=N–C) groups is 1. The molecule has 2 aliphatic rings. The third-order valence-corrected chi connectivity index (χ3v) is 5.74. The molecule has 3 heterocycles. The van der Waals surface area contributed by atoms with Gasteiger partial charge in [0.15, 0.2) is 5.96 Å². The molecular formula is C22H30IN7O3. The lowest BCUT2D eigenvalue weighted by Crippen LogP contribution is -2.52. The fourth-order valence-electron chi connectivity index (χ4n) is 3.94. The highest BCUT2D eigenvalue weighted by atomic mass is 127. The molecule has 1 aromatic heterocycles. The molecule has 10 nitrogen and oxygen atoms in total. The molecule has 2 saturated heterocycles. The highest BCUT2D eigenvalue weighted by molar-refractivity contribution is 14.0. The monoisotopic (exact) mass is 567 g/mol. The number of aromatic nitrogens is 1. The number of halogens is 1. The highest BCUT2D eigenvalue weighted by Gasteiger charge is 2.22. The van der Waals surface area contributed by atoms with E-state index in [9.17, 15) is 9.59 Å². The van der Waals surface area contributed by atoms with Crippen LogP contribution in [0.4, 0.5) is 0 Å². The lowest BCUT2D eigenvalue weighted by molar-refractivity contribution is -0.123. The molecule has 0 aliphatic carbocycles. The van der Waals surface area contributed by atoms with Crippen LogP contribution in [0.2, 0.25) is 0 Å². The van der Waals surface area contributed by atoms with Crippen LogP contribution in [0, 0.1) is 0 Å². The van der Waals surface area contributed by atoms with Crippen molar-refractivity contribution in [2.45, 2.75) is 13.1 Å². The molecule has 4 rings (SSSR count). The third-order valence-electron chi connectivity index (χ3n) is 5.74. The average molecular weight is 567 g/mol. The summed E-state index contributed by atoms with van der Waals surface area (Å²) in [5.74, 6) is 0.639. The number of hydrogen-bond donors (Lipinski definition) is 2. The number of benzene rings is 1. The Bertz CT molecular complexity index is 941. The zero-order chi connectivity index (χ0) is 22.3. The first kappa shape index (κ1) is 25.0. The summed E-state index contributed by atoms with van der Waals surface area (Å²) in [6.07, 6.45) is 1.60. The van der Waals surface area contributed by atoms with Crippen LogP contribution in [0.1, 0.15) is 21.6 Å². The Balaban J connectivity index is 0.00000306. The fraction of sp³-hybridized carbons (Fsp3) is 0.455. The first-order valence-electron chi connectivity index (χ1n) is 10.8. The summed E-state index contributed by atoms with van der Waals surface area (Å²) in [7, 11) is 1.79. The summed E-state index contributed by atoms with van der Waals surface area (Å²) in [6.45, 7) is 6.19. The Morgan fingerprint density at radius 3 is 2.52 bits per heavy atom. The Hall–Kier alpha value is -2.67. The largest absolute Gasteiger partial charge is 0.364 e. The van der Waals surface area contributed by atoms with Gasteiger partial charge in [-0.25, -0.2) is 0 Å². The Kier molecular flexibility index (Phi) is 9.06. The topological polar surface area (TPSA) is 106 Å². The van der Waals surface area contributed by atoms with Gasteiger partial charge >= 0.3 is 0 Å². The molecule has 33 heavy (non-hydrogen) atoms. The number of piperazine rings is 2. The van der Waals surface area contributed by atoms with Crippen LogP contribution in [0.25, 0.3) is 0 Å². The van der Waals surface area contributed by atoms with Crippen molar-refractivity contribution in [1.29, 1.82) is 0 Å². The standard InChI is InChI=1S/C22H29N7O3.HI/c1-23-22(28-11-9-27(10-12-28)15-19-6-13-32-26-19)25-14-17-2-4-18(5-3-17)21(31)29-8-7-24-20(30)16-29;/h2-6,13H,7-12,14-16H2,1H3,(H,23,25)(H,24,30);1H. The minimum atomic E-state index is -0.115. The minimum Gasteiger partial charge on any atom is -0.364 e. The van der Waals surface area contributed by atoms with E-state index in [4.69, 9.17) is 4.52 Å². The number of carbonyl (C=O) groups excluding carboxylic acids is 2. The average Bonchev–Trinajstić information content (AvgIpc) is 3.33. The molecule has 0 atom stereocenters. The number of amides is 2. The van der Waals surface area contributed by atoms with Crippen LogP contribution in [0.3, 0.4) is 0 Å². The van der Waals surface area contributed by atoms with Crippen molar-refractivity contribution in [3.8, 4) is 0 Å². The van der Waals surface area contributed by atoms with Crippen molar-refractivity contribution in [2.24, 2.45) is 4.99 Å². The van der Waals surface area contributed by atoms with E-state index in [0.717, 1.165) is 49.9 Å². The number of guanidine groups is 1. The van der Waals surface area contributed by atoms with Gasteiger partial charge in [-0.1, -0.05) is 17.3 Å². The second-order valence-electron chi connectivity index (χ2n) is 7.93. The highest BCUT2D eigenvalue weighted by Crippen LogP contribution is 2.10. The van der Waals surface area contributed by atoms with Gasteiger partial charge in [0.05, 0.1) is 12.2 Å². The van der Waals surface area contributed by atoms with Crippen LogP contribution in [-0.4, -0.2) is 90.5 Å². The van der Waals surface area contributed by atoms with E-state index >= 15 is 0 Å². The van der Waals surface area contributed by atoms with Crippen LogP contribution in [0.15, 0.2) is 46.1 Å². The van der Waals surface area contributed by atoms with Crippen molar-refractivity contribution >= 4 is 41.8 Å². The Morgan fingerprint density at radius 1 is 1.12 bits per heavy atom. The van der Waals surface area contributed by atoms with Gasteiger partial charge in [0, 0.05) is 71.0 Å². The maximum Gasteiger partial charge on any atom is 0.254 e. The summed E-state index contributed by atoms with van der Waals surface area (Å²) in [5.41, 5.74) is 2.60. The van der Waals surface area contributed by atoms with E-state index in [1.54, 1.807) is 18.2 Å². The second-order valence-corrected chi connectivity index (χ2v) is 7.93. The van der Waals surface area contributed by atoms with Gasteiger partial charge in [0.25, 0.3) is 5.91 Å². The van der Waals surface area contributed by atoms with Crippen LogP contribution < -0.4 is 10.6 Å². The molecule has 0 bridgehead atoms. The van der Waals surface area contributed by atoms with Crippen molar-refractivity contribution in [3.63, 3.8) is 0 Å². The van der Waals surface area contributed by atoms with Gasteiger partial charge in [0.1, 0.15) is 6.26 Å². The molecule has 0 spiro atoms. The molecule has 0 radical (unpaired) electrons. The maximum absolute atomic E-state index is 12.6. The van der Waals surface area contributed by atoms with Crippen molar-refractivity contribution in [1.82, 2.24) is 30.5 Å². The second kappa shape index (κ2) is 12.0. The van der Waals surface area contributed by atoms with Crippen molar-refractivity contribution in [2.75, 3.05) is 52.9 Å². The zero-order valence-electron chi connectivity index (χ0n) is 18.7. The van der Waals surface area contributed by atoms with E-state index in [0.29, 0.717) is 25.2 Å². The van der Waals surface area contributed by atoms with Gasteiger partial charge in [-0.3, -0.25) is 19.5 Å². The summed E-state index contributed by atoms with van der Waals surface area (Å²) in [5, 5.41) is 10.1. The van der Waals surface area contributed by atoms with Crippen LogP contribution in [0.5, 0.6) is 0 Å². The Labute approximate surface area is 210 Å². The lowest BCUT2D eigenvalue weighted by atomic mass is 10.1. The molecule has 2 aromatic rings. The van der Waals surface area contributed by atoms with E-state index in [1.807, 2.05) is 30.3 Å². The van der Waals surface area contributed by atoms with Crippen molar-refractivity contribution in [3.05, 3.63) is 53.4 Å². The number of nitrogens with zero attached hydrogens (tertiary/aromatic N) is 5. The zero-order valence-corrected chi connectivity index (χ0v) is 21.0. The van der Waals surface area contributed by atoms with Gasteiger partial charge in [0.2, 0.25) is 5.91 Å². The summed E-state index contributed by atoms with van der Waals surface area (Å²) in [4.78, 5) is 34.7. The Morgan fingerprint density at radius 2 is 1.88 bits per heavy atom. The third kappa shape index (κ3) is 6.67. The van der Waals surface area contributed by atoms with Gasteiger partial charge in [-0.2, -0.15) is 0 Å². The molecule has 0 saturated carbocycles. The summed E-state index contributed by atoms with van der Waals surface area (Å²) >= 11 is 0. The first-order valence-corrected chi connectivity index (χ1v) is 10.8. The number of rotatable bonds is 5. The summed E-state index contributed by atoms with van der Waals surface area (Å²) in [6, 6.07) is 9.41. The van der Waals surface area contributed by atoms with E-state index in [-0.39, 0.29) is 42.3 Å². The summed E-state index contributed by atoms with van der Waals surface area (Å²) < 4.78 is 4.91. The molecule has 11 heteroatoms. The smallest absolute Gasteiger partial charge is 0.254 e. The van der Waals surface area contributed by atoms with Crippen LogP contribution in [-0.2, 0) is 17.9 Å². The number of hydrogen-bond acceptors (Lipinski definition) is 6. The quantitative estimate of drug-likeness (QED) is 0.312. The molecule has 2 aliphatic heterocycles. The SMILES string of the molecule is CN=C(NCc1ccc(C(=O)N2CCNC(=O)C2)cc1)N1CCN(Cc2ccon2)CC1.I. The number of carbonyl (C=O) groups is 2. The van der Waals surface area contributed by atoms with Crippen LogP contribution >= 0.6 is 24.0 Å². The van der Waals surface area contributed by atoms with E-state index in [2.05, 4.69) is 30.6 Å². The molecule has 1 aromatic carbocycles. The molecule has 178 valence electrons. The molecular weight excluding hydrogens is 537 g/mol. The minimum absolute atomic E-state index is 0. The predicted octanol–water partition coefficient (Wildman–Crippen LogP) is 0.758.